The minimum atomic E-state index is -0.602. The van der Waals surface area contributed by atoms with Gasteiger partial charge in [-0.05, 0) is 60.5 Å². The highest BCUT2D eigenvalue weighted by atomic mass is 32.1. The summed E-state index contributed by atoms with van der Waals surface area (Å²) in [7, 11) is 0. The van der Waals surface area contributed by atoms with Crippen LogP contribution in [0, 0.1) is 0 Å². The lowest BCUT2D eigenvalue weighted by molar-refractivity contribution is 0.0934. The molecule has 26 heavy (non-hydrogen) atoms. The number of nitrogens with one attached hydrogen (secondary N) is 1. The molecule has 0 aliphatic carbocycles. The van der Waals surface area contributed by atoms with Gasteiger partial charge in [0.25, 0.3) is 5.91 Å². The molecule has 0 saturated carbocycles. The van der Waals surface area contributed by atoms with Crippen LogP contribution in [-0.4, -0.2) is 30.4 Å². The maximum absolute atomic E-state index is 12.6. The smallest absolute Gasteiger partial charge is 0.349 e. The van der Waals surface area contributed by atoms with Crippen LogP contribution in [0.2, 0.25) is 0 Å². The van der Waals surface area contributed by atoms with Crippen LogP contribution in [0.4, 0.5) is 0 Å². The zero-order chi connectivity index (χ0) is 17.9. The van der Waals surface area contributed by atoms with Crippen molar-refractivity contribution in [1.82, 2.24) is 10.2 Å². The SMILES string of the molecule is O=C(NC[C@@H](c1ccsc1)N1CCCC1)c1cc2ccccc2oc1=O. The van der Waals surface area contributed by atoms with Crippen molar-refractivity contribution in [2.24, 2.45) is 0 Å². The number of nitrogens with zero attached hydrogens (tertiary/aromatic N) is 1. The van der Waals surface area contributed by atoms with Crippen LogP contribution in [0.15, 0.2) is 56.4 Å². The Bertz CT molecular complexity index is 959. The van der Waals surface area contributed by atoms with Crippen molar-refractivity contribution >= 4 is 28.2 Å². The van der Waals surface area contributed by atoms with Gasteiger partial charge in [0.2, 0.25) is 0 Å². The molecule has 1 N–H and O–H groups in total. The fourth-order valence-corrected chi connectivity index (χ4v) is 4.19. The van der Waals surface area contributed by atoms with Crippen LogP contribution in [0.1, 0.15) is 34.8 Å². The number of thiophene rings is 1. The zero-order valence-corrected chi connectivity index (χ0v) is 15.1. The van der Waals surface area contributed by atoms with Crippen molar-refractivity contribution in [3.63, 3.8) is 0 Å². The van der Waals surface area contributed by atoms with Crippen LogP contribution in [0.5, 0.6) is 0 Å². The normalized spacial score (nSPS) is 16.0. The van der Waals surface area contributed by atoms with Crippen LogP contribution in [0.25, 0.3) is 11.0 Å². The van der Waals surface area contributed by atoms with Crippen LogP contribution in [0.3, 0.4) is 0 Å². The summed E-state index contributed by atoms with van der Waals surface area (Å²) < 4.78 is 5.27. The van der Waals surface area contributed by atoms with Crippen molar-refractivity contribution in [1.29, 1.82) is 0 Å². The Morgan fingerprint density at radius 1 is 1.23 bits per heavy atom. The minimum absolute atomic E-state index is 0.0502. The molecule has 1 amide bonds. The Labute approximate surface area is 155 Å². The summed E-state index contributed by atoms with van der Waals surface area (Å²) in [6.07, 6.45) is 2.37. The van der Waals surface area contributed by atoms with Gasteiger partial charge in [-0.3, -0.25) is 9.69 Å². The first-order valence-electron chi connectivity index (χ1n) is 8.79. The molecule has 1 fully saturated rings. The maximum Gasteiger partial charge on any atom is 0.349 e. The third kappa shape index (κ3) is 3.43. The third-order valence-corrected chi connectivity index (χ3v) is 5.55. The van der Waals surface area contributed by atoms with Gasteiger partial charge < -0.3 is 9.73 Å². The predicted octanol–water partition coefficient (Wildman–Crippen LogP) is 3.42. The Balaban J connectivity index is 1.53. The van der Waals surface area contributed by atoms with E-state index in [1.165, 1.54) is 18.4 Å². The third-order valence-electron chi connectivity index (χ3n) is 4.85. The van der Waals surface area contributed by atoms with Crippen molar-refractivity contribution in [2.45, 2.75) is 18.9 Å². The molecule has 3 aromatic rings. The average molecular weight is 368 g/mol. The van der Waals surface area contributed by atoms with Crippen molar-refractivity contribution in [3.05, 3.63) is 68.7 Å². The van der Waals surface area contributed by atoms with E-state index in [2.05, 4.69) is 27.0 Å². The lowest BCUT2D eigenvalue weighted by atomic mass is 10.1. The molecule has 3 heterocycles. The standard InChI is InChI=1S/C20H20N2O3S/c23-19(16-11-14-5-1-2-6-18(14)25-20(16)24)21-12-17(15-7-10-26-13-15)22-8-3-4-9-22/h1-2,5-7,10-11,13,17H,3-4,8-9,12H2,(H,21,23)/t17-/m0/s1. The second-order valence-corrected chi connectivity index (χ2v) is 7.29. The first-order chi connectivity index (χ1) is 12.7. The molecular weight excluding hydrogens is 348 g/mol. The van der Waals surface area contributed by atoms with Crippen LogP contribution >= 0.6 is 11.3 Å². The molecule has 1 aliphatic heterocycles. The van der Waals surface area contributed by atoms with Gasteiger partial charge in [-0.1, -0.05) is 18.2 Å². The van der Waals surface area contributed by atoms with E-state index in [9.17, 15) is 9.59 Å². The number of likely N-dealkylation sites (tertiary alicyclic amines) is 1. The molecule has 0 bridgehead atoms. The van der Waals surface area contributed by atoms with Gasteiger partial charge >= 0.3 is 5.63 Å². The summed E-state index contributed by atoms with van der Waals surface area (Å²) in [4.78, 5) is 27.2. The highest BCUT2D eigenvalue weighted by Crippen LogP contribution is 2.26. The second kappa shape index (κ2) is 7.43. The van der Waals surface area contributed by atoms with Gasteiger partial charge in [-0.15, -0.1) is 0 Å². The van der Waals surface area contributed by atoms with E-state index in [1.54, 1.807) is 29.5 Å². The minimum Gasteiger partial charge on any atom is -0.422 e. The molecule has 134 valence electrons. The number of amides is 1. The topological polar surface area (TPSA) is 62.6 Å². The highest BCUT2D eigenvalue weighted by molar-refractivity contribution is 7.07. The quantitative estimate of drug-likeness (QED) is 0.701. The number of hydrogen-bond donors (Lipinski definition) is 1. The molecule has 1 aliphatic rings. The molecular formula is C20H20N2O3S. The molecule has 0 spiro atoms. The molecule has 4 rings (SSSR count). The number of carbonyl (C=O) groups is 1. The van der Waals surface area contributed by atoms with Crippen LogP contribution in [-0.2, 0) is 0 Å². The molecule has 2 aromatic heterocycles. The molecule has 5 nitrogen and oxygen atoms in total. The Kier molecular flexibility index (Phi) is 4.86. The van der Waals surface area contributed by atoms with E-state index in [1.807, 2.05) is 12.1 Å². The monoisotopic (exact) mass is 368 g/mol. The maximum atomic E-state index is 12.6. The van der Waals surface area contributed by atoms with Crippen LogP contribution < -0.4 is 10.9 Å². The predicted molar refractivity (Wildman–Crippen MR) is 103 cm³/mol. The summed E-state index contributed by atoms with van der Waals surface area (Å²) in [5.41, 5.74) is 1.15. The summed E-state index contributed by atoms with van der Waals surface area (Å²) >= 11 is 1.66. The van der Waals surface area contributed by atoms with Gasteiger partial charge in [0, 0.05) is 11.9 Å². The largest absolute Gasteiger partial charge is 0.422 e. The Morgan fingerprint density at radius 3 is 2.81 bits per heavy atom. The van der Waals surface area contributed by atoms with E-state index in [-0.39, 0.29) is 17.5 Å². The molecule has 1 atom stereocenters. The lowest BCUT2D eigenvalue weighted by Crippen LogP contribution is -2.37. The second-order valence-electron chi connectivity index (χ2n) is 6.51. The fourth-order valence-electron chi connectivity index (χ4n) is 3.48. The summed E-state index contributed by atoms with van der Waals surface area (Å²) in [5.74, 6) is -0.385. The van der Waals surface area contributed by atoms with E-state index in [0.717, 1.165) is 18.5 Å². The van der Waals surface area contributed by atoms with E-state index in [4.69, 9.17) is 4.42 Å². The highest BCUT2D eigenvalue weighted by Gasteiger charge is 2.25. The average Bonchev–Trinajstić information content (AvgIpc) is 3.35. The summed E-state index contributed by atoms with van der Waals surface area (Å²) in [6.45, 7) is 2.55. The fraction of sp³-hybridized carbons (Fsp3) is 0.300. The Hall–Kier alpha value is -2.44. The number of carbonyl (C=O) groups excluding carboxylic acids is 1. The summed E-state index contributed by atoms with van der Waals surface area (Å²) in [6, 6.07) is 11.0. The van der Waals surface area contributed by atoms with Gasteiger partial charge in [0.05, 0.1) is 6.04 Å². The lowest BCUT2D eigenvalue weighted by Gasteiger charge is -2.27. The molecule has 1 saturated heterocycles. The number of fused-ring (bicyclic) bond motifs is 1. The number of benzene rings is 1. The molecule has 1 aromatic carbocycles. The summed E-state index contributed by atoms with van der Waals surface area (Å²) in [5, 5.41) is 7.85. The first-order valence-corrected chi connectivity index (χ1v) is 9.74. The number of hydrogen-bond acceptors (Lipinski definition) is 5. The van der Waals surface area contributed by atoms with Crippen molar-refractivity contribution in [3.8, 4) is 0 Å². The van der Waals surface area contributed by atoms with Crippen molar-refractivity contribution in [2.75, 3.05) is 19.6 Å². The molecule has 0 radical (unpaired) electrons. The van der Waals surface area contributed by atoms with E-state index in [0.29, 0.717) is 12.1 Å². The van der Waals surface area contributed by atoms with E-state index >= 15 is 0 Å². The van der Waals surface area contributed by atoms with Crippen molar-refractivity contribution < 1.29 is 9.21 Å². The van der Waals surface area contributed by atoms with Gasteiger partial charge in [0.1, 0.15) is 11.1 Å². The van der Waals surface area contributed by atoms with E-state index < -0.39 is 5.63 Å². The van der Waals surface area contributed by atoms with Gasteiger partial charge in [0.15, 0.2) is 0 Å². The van der Waals surface area contributed by atoms with Gasteiger partial charge in [-0.25, -0.2) is 4.79 Å². The number of rotatable bonds is 5. The molecule has 6 heteroatoms. The molecule has 0 unspecified atom stereocenters. The Morgan fingerprint density at radius 2 is 2.04 bits per heavy atom. The van der Waals surface area contributed by atoms with Gasteiger partial charge in [-0.2, -0.15) is 11.3 Å². The zero-order valence-electron chi connectivity index (χ0n) is 14.3. The first kappa shape index (κ1) is 17.0. The number of para-hydroxylation sites is 1.